The largest absolute Gasteiger partial charge is 0.338 e. The first-order valence-electron chi connectivity index (χ1n) is 11.2. The number of carbonyl (C=O) groups is 1. The zero-order valence-electron chi connectivity index (χ0n) is 20.3. The molecule has 0 saturated heterocycles. The van der Waals surface area contributed by atoms with Crippen LogP contribution in [0.4, 0.5) is 0 Å². The van der Waals surface area contributed by atoms with Gasteiger partial charge in [0.15, 0.2) is 0 Å². The van der Waals surface area contributed by atoms with Gasteiger partial charge < -0.3 is 0 Å². The molecular formula is C25H34N2O3Si2. The molecule has 32 heavy (non-hydrogen) atoms. The number of hydrogen-bond acceptors (Lipinski definition) is 3. The van der Waals surface area contributed by atoms with Gasteiger partial charge in [0.05, 0.1) is 16.1 Å². The first-order valence-corrected chi connectivity index (χ1v) is 18.2. The van der Waals surface area contributed by atoms with Crippen LogP contribution >= 0.6 is 0 Å². The topological polar surface area (TPSA) is 61.1 Å². The summed E-state index contributed by atoms with van der Waals surface area (Å²) in [6.07, 6.45) is 5.66. The van der Waals surface area contributed by atoms with Crippen LogP contribution < -0.4 is 11.2 Å². The Morgan fingerprint density at radius 1 is 0.938 bits per heavy atom. The molecule has 1 aromatic carbocycles. The van der Waals surface area contributed by atoms with Crippen LogP contribution in [-0.2, 0) is 6.54 Å². The van der Waals surface area contributed by atoms with Gasteiger partial charge in [0, 0.05) is 23.9 Å². The fourth-order valence-corrected chi connectivity index (χ4v) is 10.1. The van der Waals surface area contributed by atoms with Gasteiger partial charge in [0.2, 0.25) is 0 Å². The standard InChI is InChI=1S/C25H34N2O3Si2/c1-18-17-26(25(30)27(23(18)28)24(29)19-12-9-8-10-13-19)15-11-14-20-16-21(31(2,3)4)22(20)32(5,6)7/h8-10,12-13,16-17H,11,14-15H2,1-7H3. The van der Waals surface area contributed by atoms with Crippen molar-refractivity contribution in [3.05, 3.63) is 90.5 Å². The lowest BCUT2D eigenvalue weighted by Crippen LogP contribution is -2.44. The molecule has 0 atom stereocenters. The highest BCUT2D eigenvalue weighted by Gasteiger charge is 2.36. The van der Waals surface area contributed by atoms with E-state index in [1.54, 1.807) is 53.8 Å². The van der Waals surface area contributed by atoms with E-state index in [2.05, 4.69) is 45.4 Å². The molecule has 1 heterocycles. The second-order valence-electron chi connectivity index (χ2n) is 10.7. The van der Waals surface area contributed by atoms with E-state index in [1.165, 1.54) is 10.1 Å². The smallest absolute Gasteiger partial charge is 0.300 e. The number of aromatic nitrogens is 2. The minimum absolute atomic E-state index is 0.326. The van der Waals surface area contributed by atoms with Gasteiger partial charge in [-0.2, -0.15) is 4.57 Å². The van der Waals surface area contributed by atoms with Crippen molar-refractivity contribution >= 4 is 22.1 Å². The highest BCUT2D eigenvalue weighted by molar-refractivity contribution is 6.91. The van der Waals surface area contributed by atoms with Gasteiger partial charge >= 0.3 is 5.69 Å². The summed E-state index contributed by atoms with van der Waals surface area (Å²) in [7, 11) is -2.80. The van der Waals surface area contributed by atoms with Crippen molar-refractivity contribution in [2.24, 2.45) is 0 Å². The van der Waals surface area contributed by atoms with Crippen molar-refractivity contribution in [1.29, 1.82) is 0 Å². The summed E-state index contributed by atoms with van der Waals surface area (Å²) in [4.78, 5) is 38.5. The Labute approximate surface area is 192 Å². The first-order chi connectivity index (χ1) is 14.8. The Bertz CT molecular complexity index is 1220. The molecule has 0 bridgehead atoms. The number of aryl methyl sites for hydroxylation is 2. The van der Waals surface area contributed by atoms with Gasteiger partial charge in [-0.1, -0.05) is 73.9 Å². The molecule has 1 aromatic heterocycles. The average Bonchev–Trinajstić information content (AvgIpc) is 2.66. The highest BCUT2D eigenvalue weighted by Crippen LogP contribution is 2.41. The monoisotopic (exact) mass is 466 g/mol. The molecule has 7 heteroatoms. The molecule has 2 aromatic rings. The zero-order chi connectivity index (χ0) is 23.8. The highest BCUT2D eigenvalue weighted by atomic mass is 28.3. The van der Waals surface area contributed by atoms with E-state index in [1.807, 2.05) is 0 Å². The first kappa shape index (κ1) is 24.1. The van der Waals surface area contributed by atoms with Gasteiger partial charge in [0.1, 0.15) is 0 Å². The van der Waals surface area contributed by atoms with Gasteiger partial charge in [-0.3, -0.25) is 14.2 Å². The van der Waals surface area contributed by atoms with Crippen molar-refractivity contribution in [2.45, 2.75) is 65.6 Å². The second-order valence-corrected chi connectivity index (χ2v) is 20.7. The number of nitrogens with zero attached hydrogens (tertiary/aromatic N) is 2. The summed E-state index contributed by atoms with van der Waals surface area (Å²) in [6.45, 7) is 16.5. The SMILES string of the molecule is Cc1cn(CCCC2=CC([Si](C)(C)C)=C2[Si](C)(C)C)c(=O)n(C(=O)c2ccccc2)c1=O. The van der Waals surface area contributed by atoms with Crippen LogP contribution in [0.2, 0.25) is 39.3 Å². The maximum absolute atomic E-state index is 13.0. The third-order valence-electron chi connectivity index (χ3n) is 5.86. The van der Waals surface area contributed by atoms with Crippen LogP contribution in [0.1, 0.15) is 28.8 Å². The Morgan fingerprint density at radius 3 is 2.12 bits per heavy atom. The molecule has 170 valence electrons. The molecule has 0 spiro atoms. The number of hydrogen-bond donors (Lipinski definition) is 0. The molecule has 0 N–H and O–H groups in total. The summed E-state index contributed by atoms with van der Waals surface area (Å²) in [6, 6.07) is 8.46. The molecular weight excluding hydrogens is 432 g/mol. The van der Waals surface area contributed by atoms with Crippen molar-refractivity contribution in [1.82, 2.24) is 9.13 Å². The maximum atomic E-state index is 13.0. The fourth-order valence-electron chi connectivity index (χ4n) is 4.31. The minimum Gasteiger partial charge on any atom is -0.300 e. The van der Waals surface area contributed by atoms with Crippen molar-refractivity contribution in [3.63, 3.8) is 0 Å². The summed E-state index contributed by atoms with van der Waals surface area (Å²) in [5.74, 6) is -0.580. The van der Waals surface area contributed by atoms with Crippen LogP contribution in [0.5, 0.6) is 0 Å². The van der Waals surface area contributed by atoms with Crippen molar-refractivity contribution in [3.8, 4) is 0 Å². The number of benzene rings is 1. The van der Waals surface area contributed by atoms with E-state index in [4.69, 9.17) is 0 Å². The molecule has 1 aliphatic carbocycles. The summed E-state index contributed by atoms with van der Waals surface area (Å²) >= 11 is 0. The summed E-state index contributed by atoms with van der Waals surface area (Å²) in [5.41, 5.74) is 1.03. The lowest BCUT2D eigenvalue weighted by molar-refractivity contribution is 0.0948. The molecule has 5 nitrogen and oxygen atoms in total. The van der Waals surface area contributed by atoms with Crippen LogP contribution in [0.25, 0.3) is 0 Å². The Kier molecular flexibility index (Phi) is 6.63. The number of allylic oxidation sites excluding steroid dienone is 4. The maximum Gasteiger partial charge on any atom is 0.338 e. The zero-order valence-corrected chi connectivity index (χ0v) is 22.3. The van der Waals surface area contributed by atoms with Gasteiger partial charge in [-0.25, -0.2) is 4.79 Å². The number of carbonyl (C=O) groups excluding carboxylic acids is 1. The molecule has 1 aliphatic rings. The lowest BCUT2D eigenvalue weighted by atomic mass is 10.0. The summed E-state index contributed by atoms with van der Waals surface area (Å²) in [5, 5.41) is 3.21. The fraction of sp³-hybridized carbons (Fsp3) is 0.400. The quantitative estimate of drug-likeness (QED) is 0.552. The van der Waals surface area contributed by atoms with Crippen LogP contribution in [0, 0.1) is 6.92 Å². The molecule has 0 fully saturated rings. The Balaban J connectivity index is 1.82. The van der Waals surface area contributed by atoms with E-state index < -0.39 is 33.3 Å². The van der Waals surface area contributed by atoms with E-state index in [-0.39, 0.29) is 0 Å². The van der Waals surface area contributed by atoms with Gasteiger partial charge in [-0.05, 0) is 37.5 Å². The van der Waals surface area contributed by atoms with Crippen LogP contribution in [0.15, 0.2) is 68.2 Å². The molecule has 0 radical (unpaired) electrons. The molecule has 3 rings (SSSR count). The summed E-state index contributed by atoms with van der Waals surface area (Å²) < 4.78 is 2.28. The minimum atomic E-state index is -1.44. The second kappa shape index (κ2) is 8.79. The normalized spacial score (nSPS) is 14.3. The molecule has 0 amide bonds. The van der Waals surface area contributed by atoms with E-state index >= 15 is 0 Å². The van der Waals surface area contributed by atoms with Gasteiger partial charge in [-0.15, -0.1) is 0 Å². The van der Waals surface area contributed by atoms with E-state index in [9.17, 15) is 14.4 Å². The predicted octanol–water partition coefficient (Wildman–Crippen LogP) is 4.78. The molecule has 0 aliphatic heterocycles. The van der Waals surface area contributed by atoms with Crippen molar-refractivity contribution in [2.75, 3.05) is 0 Å². The van der Waals surface area contributed by atoms with Gasteiger partial charge in [0.25, 0.3) is 11.5 Å². The van der Waals surface area contributed by atoms with E-state index in [0.29, 0.717) is 17.7 Å². The molecule has 0 unspecified atom stereocenters. The average molecular weight is 467 g/mol. The number of rotatable bonds is 7. The third-order valence-corrected chi connectivity index (χ3v) is 10.2. The Hall–Kier alpha value is -2.52. The Morgan fingerprint density at radius 2 is 1.56 bits per heavy atom. The predicted molar refractivity (Wildman–Crippen MR) is 137 cm³/mol. The van der Waals surface area contributed by atoms with E-state index in [0.717, 1.165) is 17.4 Å². The molecule has 0 saturated carbocycles. The third kappa shape index (κ3) is 4.78. The van der Waals surface area contributed by atoms with Crippen LogP contribution in [0.3, 0.4) is 0 Å². The van der Waals surface area contributed by atoms with Crippen LogP contribution in [-0.4, -0.2) is 31.2 Å². The van der Waals surface area contributed by atoms with Crippen molar-refractivity contribution < 1.29 is 4.79 Å². The lowest BCUT2D eigenvalue weighted by Gasteiger charge is -2.38.